The molecule has 0 atom stereocenters. The Kier molecular flexibility index (Phi) is 3.48. The van der Waals surface area contributed by atoms with Crippen LogP contribution in [0.4, 0.5) is 5.95 Å². The number of sulfone groups is 1. The molecule has 0 unspecified atom stereocenters. The van der Waals surface area contributed by atoms with Gasteiger partial charge in [-0.3, -0.25) is 0 Å². The quantitative estimate of drug-likeness (QED) is 0.843. The van der Waals surface area contributed by atoms with E-state index >= 15 is 0 Å². The predicted octanol–water partition coefficient (Wildman–Crippen LogP) is 0.0575. The minimum absolute atomic E-state index is 0.138. The van der Waals surface area contributed by atoms with Gasteiger partial charge in [-0.2, -0.15) is 4.98 Å². The van der Waals surface area contributed by atoms with Crippen LogP contribution >= 0.6 is 15.9 Å². The molecule has 0 saturated carbocycles. The molecular weight excluding hydrogens is 272 g/mol. The van der Waals surface area contributed by atoms with Crippen LogP contribution < -0.4 is 5.73 Å². The zero-order valence-corrected chi connectivity index (χ0v) is 10.0. The third-order valence-electron chi connectivity index (χ3n) is 1.53. The lowest BCUT2D eigenvalue weighted by molar-refractivity contribution is 0.570. The van der Waals surface area contributed by atoms with Crippen LogP contribution in [0, 0.1) is 0 Å². The maximum absolute atomic E-state index is 10.8. The summed E-state index contributed by atoms with van der Waals surface area (Å²) in [7, 11) is -2.91. The Morgan fingerprint density at radius 1 is 1.57 bits per heavy atom. The molecule has 14 heavy (non-hydrogen) atoms. The van der Waals surface area contributed by atoms with Crippen molar-refractivity contribution in [3.63, 3.8) is 0 Å². The Hall–Kier alpha value is -0.630. The number of halogens is 1. The van der Waals surface area contributed by atoms with Gasteiger partial charge in [0.15, 0.2) is 4.73 Å². The van der Waals surface area contributed by atoms with Gasteiger partial charge in [-0.15, -0.1) is 5.10 Å². The van der Waals surface area contributed by atoms with Gasteiger partial charge in [-0.25, -0.2) is 13.1 Å². The van der Waals surface area contributed by atoms with E-state index in [9.17, 15) is 8.42 Å². The highest BCUT2D eigenvalue weighted by molar-refractivity contribution is 9.10. The van der Waals surface area contributed by atoms with E-state index in [1.54, 1.807) is 0 Å². The van der Waals surface area contributed by atoms with Crippen LogP contribution in [0.2, 0.25) is 0 Å². The highest BCUT2D eigenvalue weighted by atomic mass is 79.9. The van der Waals surface area contributed by atoms with Gasteiger partial charge in [-0.1, -0.05) is 0 Å². The van der Waals surface area contributed by atoms with Gasteiger partial charge in [0.25, 0.3) is 0 Å². The molecule has 0 aliphatic rings. The Morgan fingerprint density at radius 3 is 2.64 bits per heavy atom. The molecule has 1 heterocycles. The van der Waals surface area contributed by atoms with Gasteiger partial charge >= 0.3 is 0 Å². The Labute approximate surface area is 90.6 Å². The highest BCUT2D eigenvalue weighted by Crippen LogP contribution is 2.08. The Morgan fingerprint density at radius 2 is 2.21 bits per heavy atom. The van der Waals surface area contributed by atoms with Gasteiger partial charge in [0.1, 0.15) is 9.84 Å². The predicted molar refractivity (Wildman–Crippen MR) is 56.5 cm³/mol. The summed E-state index contributed by atoms with van der Waals surface area (Å²) in [5.74, 6) is 0.315. The van der Waals surface area contributed by atoms with Gasteiger partial charge in [0.05, 0.1) is 5.75 Å². The van der Waals surface area contributed by atoms with Crippen LogP contribution in [-0.4, -0.2) is 35.2 Å². The second kappa shape index (κ2) is 4.26. The van der Waals surface area contributed by atoms with Crippen LogP contribution in [-0.2, 0) is 16.4 Å². The minimum Gasteiger partial charge on any atom is -0.366 e. The van der Waals surface area contributed by atoms with E-state index in [4.69, 9.17) is 5.73 Å². The Bertz CT molecular complexity index is 413. The number of hydrogen-bond acceptors (Lipinski definition) is 5. The number of nitrogen functional groups attached to an aromatic ring is 1. The van der Waals surface area contributed by atoms with Crippen molar-refractivity contribution < 1.29 is 8.42 Å². The number of rotatable bonds is 4. The van der Waals surface area contributed by atoms with Crippen molar-refractivity contribution in [2.75, 3.05) is 17.7 Å². The van der Waals surface area contributed by atoms with Crippen molar-refractivity contribution >= 4 is 31.7 Å². The summed E-state index contributed by atoms with van der Waals surface area (Å²) in [6.07, 6.45) is 1.71. The van der Waals surface area contributed by atoms with Crippen molar-refractivity contribution in [1.82, 2.24) is 14.8 Å². The number of nitrogens with two attached hydrogens (primary N) is 1. The Balaban J connectivity index is 2.50. The molecular formula is C6H11BrN4O2S. The molecule has 0 aliphatic heterocycles. The summed E-state index contributed by atoms with van der Waals surface area (Å²) >= 11 is 3.16. The van der Waals surface area contributed by atoms with E-state index in [0.29, 0.717) is 17.7 Å². The van der Waals surface area contributed by atoms with E-state index < -0.39 is 9.84 Å². The highest BCUT2D eigenvalue weighted by Gasteiger charge is 2.06. The maximum Gasteiger partial charge on any atom is 0.240 e. The van der Waals surface area contributed by atoms with Crippen LogP contribution in [0.15, 0.2) is 4.73 Å². The smallest absolute Gasteiger partial charge is 0.240 e. The molecule has 6 nitrogen and oxygen atoms in total. The lowest BCUT2D eigenvalue weighted by Gasteiger charge is -2.00. The first-order chi connectivity index (χ1) is 6.38. The van der Waals surface area contributed by atoms with E-state index in [2.05, 4.69) is 26.0 Å². The molecule has 0 bridgehead atoms. The maximum atomic E-state index is 10.8. The lowest BCUT2D eigenvalue weighted by Crippen LogP contribution is -2.08. The van der Waals surface area contributed by atoms with Crippen molar-refractivity contribution in [2.24, 2.45) is 0 Å². The third-order valence-corrected chi connectivity index (χ3v) is 3.14. The molecule has 0 saturated heterocycles. The fraction of sp³-hybridized carbons (Fsp3) is 0.667. The third kappa shape index (κ3) is 3.62. The van der Waals surface area contributed by atoms with Crippen LogP contribution in [0.5, 0.6) is 0 Å². The van der Waals surface area contributed by atoms with Crippen molar-refractivity contribution in [3.05, 3.63) is 4.73 Å². The average molecular weight is 283 g/mol. The number of hydrogen-bond donors (Lipinski definition) is 1. The number of anilines is 1. The van der Waals surface area contributed by atoms with Crippen molar-refractivity contribution in [2.45, 2.75) is 13.0 Å². The van der Waals surface area contributed by atoms with Gasteiger partial charge in [0, 0.05) is 12.8 Å². The SMILES string of the molecule is CS(=O)(=O)CCCn1nc(N)nc1Br. The van der Waals surface area contributed by atoms with E-state index in [1.807, 2.05) is 0 Å². The van der Waals surface area contributed by atoms with Crippen LogP contribution in [0.1, 0.15) is 6.42 Å². The second-order valence-electron chi connectivity index (χ2n) is 2.95. The fourth-order valence-electron chi connectivity index (χ4n) is 0.958. The lowest BCUT2D eigenvalue weighted by atomic mass is 10.5. The van der Waals surface area contributed by atoms with Gasteiger partial charge < -0.3 is 5.73 Å². The molecule has 0 aromatic carbocycles. The zero-order chi connectivity index (χ0) is 10.8. The first-order valence-electron chi connectivity index (χ1n) is 3.92. The van der Waals surface area contributed by atoms with Crippen molar-refractivity contribution in [3.8, 4) is 0 Å². The average Bonchev–Trinajstić information content (AvgIpc) is 2.27. The minimum atomic E-state index is -2.91. The summed E-state index contributed by atoms with van der Waals surface area (Å²) in [5.41, 5.74) is 5.35. The zero-order valence-electron chi connectivity index (χ0n) is 7.64. The van der Waals surface area contributed by atoms with E-state index in [1.165, 1.54) is 10.9 Å². The second-order valence-corrected chi connectivity index (χ2v) is 5.91. The summed E-state index contributed by atoms with van der Waals surface area (Å²) in [4.78, 5) is 3.82. The van der Waals surface area contributed by atoms with Crippen LogP contribution in [0.25, 0.3) is 0 Å². The molecule has 80 valence electrons. The standard InChI is InChI=1S/C6H11BrN4O2S/c1-14(12,13)4-2-3-11-5(7)9-6(8)10-11/h2-4H2,1H3,(H2,8,10). The molecule has 0 fully saturated rings. The molecule has 1 rings (SSSR count). The van der Waals surface area contributed by atoms with Crippen molar-refractivity contribution in [1.29, 1.82) is 0 Å². The summed E-state index contributed by atoms with van der Waals surface area (Å²) in [6, 6.07) is 0. The van der Waals surface area contributed by atoms with Gasteiger partial charge in [-0.05, 0) is 22.4 Å². The molecule has 2 N–H and O–H groups in total. The fourth-order valence-corrected chi connectivity index (χ4v) is 2.05. The number of aryl methyl sites for hydroxylation is 1. The summed E-state index contributed by atoms with van der Waals surface area (Å²) < 4.78 is 23.7. The first-order valence-corrected chi connectivity index (χ1v) is 6.77. The molecule has 0 spiro atoms. The first kappa shape index (κ1) is 11.4. The monoisotopic (exact) mass is 282 g/mol. The molecule has 0 amide bonds. The molecule has 0 radical (unpaired) electrons. The van der Waals surface area contributed by atoms with E-state index in [0.717, 1.165) is 0 Å². The summed E-state index contributed by atoms with van der Waals surface area (Å²) in [5, 5.41) is 3.87. The normalized spacial score (nSPS) is 11.9. The molecule has 1 aromatic rings. The molecule has 8 heteroatoms. The van der Waals surface area contributed by atoms with Crippen LogP contribution in [0.3, 0.4) is 0 Å². The summed E-state index contributed by atoms with van der Waals surface area (Å²) in [6.45, 7) is 0.484. The molecule has 0 aliphatic carbocycles. The van der Waals surface area contributed by atoms with E-state index in [-0.39, 0.29) is 11.7 Å². The largest absolute Gasteiger partial charge is 0.366 e. The number of aromatic nitrogens is 3. The molecule has 1 aromatic heterocycles. The van der Waals surface area contributed by atoms with Gasteiger partial charge in [0.2, 0.25) is 5.95 Å². The number of nitrogens with zero attached hydrogens (tertiary/aromatic N) is 3. The topological polar surface area (TPSA) is 90.9 Å².